The highest BCUT2D eigenvalue weighted by atomic mass is 32.1. The maximum atomic E-state index is 11.6. The van der Waals surface area contributed by atoms with Gasteiger partial charge in [0.15, 0.2) is 5.69 Å². The van der Waals surface area contributed by atoms with E-state index in [1.807, 2.05) is 6.92 Å². The minimum atomic E-state index is -0.436. The molecule has 7 heteroatoms. The van der Waals surface area contributed by atoms with Crippen LogP contribution in [-0.4, -0.2) is 33.1 Å². The fourth-order valence-electron chi connectivity index (χ4n) is 1.67. The Hall–Kier alpha value is -1.76. The zero-order valence-electron chi connectivity index (χ0n) is 10.3. The van der Waals surface area contributed by atoms with Crippen molar-refractivity contribution in [1.29, 1.82) is 0 Å². The van der Waals surface area contributed by atoms with Crippen LogP contribution in [0.2, 0.25) is 0 Å². The van der Waals surface area contributed by atoms with Gasteiger partial charge in [0.1, 0.15) is 0 Å². The highest BCUT2D eigenvalue weighted by Gasteiger charge is 2.19. The Morgan fingerprint density at radius 3 is 3.00 bits per heavy atom. The molecule has 2 aromatic heterocycles. The molecule has 96 valence electrons. The van der Waals surface area contributed by atoms with E-state index in [0.717, 1.165) is 23.4 Å². The van der Waals surface area contributed by atoms with Crippen molar-refractivity contribution in [3.63, 3.8) is 0 Å². The summed E-state index contributed by atoms with van der Waals surface area (Å²) in [7, 11) is 1.35. The second-order valence-electron chi connectivity index (χ2n) is 3.75. The van der Waals surface area contributed by atoms with E-state index in [9.17, 15) is 4.79 Å². The third kappa shape index (κ3) is 2.56. The topological polar surface area (TPSA) is 69.9 Å². The van der Waals surface area contributed by atoms with E-state index in [2.05, 4.69) is 15.3 Å². The number of ether oxygens (including phenoxy) is 1. The van der Waals surface area contributed by atoms with Gasteiger partial charge in [-0.05, 0) is 6.42 Å². The molecule has 0 bridgehead atoms. The molecule has 0 aliphatic carbocycles. The van der Waals surface area contributed by atoms with Crippen molar-refractivity contribution in [2.45, 2.75) is 26.3 Å². The second kappa shape index (κ2) is 5.72. The van der Waals surface area contributed by atoms with Gasteiger partial charge in [-0.1, -0.05) is 18.6 Å². The van der Waals surface area contributed by atoms with Crippen LogP contribution >= 0.6 is 11.3 Å². The molecule has 18 heavy (non-hydrogen) atoms. The van der Waals surface area contributed by atoms with E-state index in [0.29, 0.717) is 12.2 Å². The van der Waals surface area contributed by atoms with E-state index in [-0.39, 0.29) is 0 Å². The van der Waals surface area contributed by atoms with Crippen molar-refractivity contribution in [2.24, 2.45) is 0 Å². The maximum absolute atomic E-state index is 11.6. The van der Waals surface area contributed by atoms with Gasteiger partial charge < -0.3 is 4.74 Å². The minimum Gasteiger partial charge on any atom is -0.464 e. The lowest BCUT2D eigenvalue weighted by Gasteiger charge is -2.04. The summed E-state index contributed by atoms with van der Waals surface area (Å²) in [6.45, 7) is 2.63. The lowest BCUT2D eigenvalue weighted by Crippen LogP contribution is -2.10. The third-order valence-electron chi connectivity index (χ3n) is 2.49. The molecule has 0 saturated heterocycles. The molecule has 0 amide bonds. The summed E-state index contributed by atoms with van der Waals surface area (Å²) >= 11 is 1.55. The van der Waals surface area contributed by atoms with Crippen molar-refractivity contribution >= 4 is 17.3 Å². The van der Waals surface area contributed by atoms with Crippen LogP contribution in [0.1, 0.15) is 34.4 Å². The Kier molecular flexibility index (Phi) is 4.03. The average molecular weight is 266 g/mol. The van der Waals surface area contributed by atoms with Gasteiger partial charge in [0, 0.05) is 11.1 Å². The summed E-state index contributed by atoms with van der Waals surface area (Å²) in [5, 5.41) is 7.93. The number of aromatic nitrogens is 4. The Bertz CT molecular complexity index is 521. The van der Waals surface area contributed by atoms with Crippen LogP contribution in [-0.2, 0) is 17.7 Å². The number of carbonyl (C=O) groups excluding carboxylic acids is 1. The second-order valence-corrected chi connectivity index (χ2v) is 4.72. The van der Waals surface area contributed by atoms with Gasteiger partial charge >= 0.3 is 5.97 Å². The molecule has 0 aliphatic heterocycles. The molecule has 0 unspecified atom stereocenters. The minimum absolute atomic E-state index is 0.309. The average Bonchev–Trinajstić information content (AvgIpc) is 3.01. The third-order valence-corrected chi connectivity index (χ3v) is 3.26. The molecular weight excluding hydrogens is 252 g/mol. The Balaban J connectivity index is 2.29. The van der Waals surface area contributed by atoms with E-state index < -0.39 is 5.97 Å². The first kappa shape index (κ1) is 12.7. The Labute approximate surface area is 109 Å². The lowest BCUT2D eigenvalue weighted by atomic mass is 10.2. The number of methoxy groups -OCH3 is 1. The van der Waals surface area contributed by atoms with Crippen LogP contribution < -0.4 is 0 Å². The number of nitrogens with zero attached hydrogens (tertiary/aromatic N) is 4. The molecule has 0 spiro atoms. The highest BCUT2D eigenvalue weighted by Crippen LogP contribution is 2.14. The van der Waals surface area contributed by atoms with Gasteiger partial charge in [-0.3, -0.25) is 4.98 Å². The van der Waals surface area contributed by atoms with Crippen LogP contribution in [0.25, 0.3) is 0 Å². The molecule has 6 nitrogen and oxygen atoms in total. The summed E-state index contributed by atoms with van der Waals surface area (Å²) in [5.41, 5.74) is 2.90. The zero-order chi connectivity index (χ0) is 13.0. The fraction of sp³-hybridized carbons (Fsp3) is 0.455. The Morgan fingerprint density at radius 1 is 1.56 bits per heavy atom. The number of rotatable bonds is 5. The normalized spacial score (nSPS) is 10.6. The van der Waals surface area contributed by atoms with Crippen LogP contribution in [0.5, 0.6) is 0 Å². The first-order valence-corrected chi connectivity index (χ1v) is 6.52. The first-order valence-electron chi connectivity index (χ1n) is 5.64. The number of thiazole rings is 1. The van der Waals surface area contributed by atoms with Crippen LogP contribution in [0.3, 0.4) is 0 Å². The molecule has 0 fully saturated rings. The Morgan fingerprint density at radius 2 is 2.39 bits per heavy atom. The van der Waals surface area contributed by atoms with Crippen molar-refractivity contribution in [3.05, 3.63) is 28.0 Å². The van der Waals surface area contributed by atoms with Crippen LogP contribution in [0.15, 0.2) is 11.7 Å². The van der Waals surface area contributed by atoms with E-state index in [4.69, 9.17) is 4.74 Å². The van der Waals surface area contributed by atoms with Crippen molar-refractivity contribution in [1.82, 2.24) is 20.0 Å². The molecule has 0 aliphatic rings. The van der Waals surface area contributed by atoms with Crippen molar-refractivity contribution in [2.75, 3.05) is 7.11 Å². The summed E-state index contributed by atoms with van der Waals surface area (Å²) in [6.07, 6.45) is 3.45. The van der Waals surface area contributed by atoms with Crippen molar-refractivity contribution in [3.8, 4) is 0 Å². The standard InChI is InChI=1S/C11H14N4O2S/c1-3-4-9-10(11(16)17-2)13-14-15(9)6-8-5-12-7-18-8/h5,7H,3-4,6H2,1-2H3. The maximum Gasteiger partial charge on any atom is 0.360 e. The number of esters is 1. The first-order chi connectivity index (χ1) is 8.76. The fourth-order valence-corrected chi connectivity index (χ4v) is 2.24. The highest BCUT2D eigenvalue weighted by molar-refractivity contribution is 7.09. The zero-order valence-corrected chi connectivity index (χ0v) is 11.1. The van der Waals surface area contributed by atoms with E-state index in [1.165, 1.54) is 7.11 Å². The summed E-state index contributed by atoms with van der Waals surface area (Å²) in [5.74, 6) is -0.436. The van der Waals surface area contributed by atoms with Crippen LogP contribution in [0, 0.1) is 0 Å². The molecule has 0 N–H and O–H groups in total. The summed E-state index contributed by atoms with van der Waals surface area (Å²) in [4.78, 5) is 16.7. The summed E-state index contributed by atoms with van der Waals surface area (Å²) < 4.78 is 6.45. The molecule has 0 aromatic carbocycles. The number of hydrogen-bond acceptors (Lipinski definition) is 6. The van der Waals surface area contributed by atoms with Crippen LogP contribution in [0.4, 0.5) is 0 Å². The quantitative estimate of drug-likeness (QED) is 0.767. The SMILES string of the molecule is CCCc1c(C(=O)OC)nnn1Cc1cncs1. The molecule has 0 saturated carbocycles. The lowest BCUT2D eigenvalue weighted by molar-refractivity contribution is 0.0592. The molecule has 2 heterocycles. The molecule has 0 atom stereocenters. The molecule has 2 rings (SSSR count). The summed E-state index contributed by atoms with van der Waals surface area (Å²) in [6, 6.07) is 0. The number of carbonyl (C=O) groups is 1. The van der Waals surface area contributed by atoms with Gasteiger partial charge in [0.25, 0.3) is 0 Å². The molecular formula is C11H14N4O2S. The largest absolute Gasteiger partial charge is 0.464 e. The van der Waals surface area contributed by atoms with Gasteiger partial charge in [0.2, 0.25) is 0 Å². The van der Waals surface area contributed by atoms with Gasteiger partial charge in [0.05, 0.1) is 24.9 Å². The predicted molar refractivity (Wildman–Crippen MR) is 66.6 cm³/mol. The van der Waals surface area contributed by atoms with Gasteiger partial charge in [-0.15, -0.1) is 16.4 Å². The van der Waals surface area contributed by atoms with Gasteiger partial charge in [-0.25, -0.2) is 9.48 Å². The monoisotopic (exact) mass is 266 g/mol. The predicted octanol–water partition coefficient (Wildman–Crippen LogP) is 1.52. The number of hydrogen-bond donors (Lipinski definition) is 0. The van der Waals surface area contributed by atoms with Gasteiger partial charge in [-0.2, -0.15) is 0 Å². The molecule has 2 aromatic rings. The smallest absolute Gasteiger partial charge is 0.360 e. The van der Waals surface area contributed by atoms with Crippen molar-refractivity contribution < 1.29 is 9.53 Å². The van der Waals surface area contributed by atoms with E-state index in [1.54, 1.807) is 27.7 Å². The molecule has 0 radical (unpaired) electrons. The van der Waals surface area contributed by atoms with E-state index >= 15 is 0 Å².